The molecule has 0 bridgehead atoms. The SMILES string of the molecule is CC1(CCC2CCCn3cnnc32)OCCO1. The highest BCUT2D eigenvalue weighted by molar-refractivity contribution is 4.99. The molecule has 1 fully saturated rings. The van der Waals surface area contributed by atoms with Crippen LogP contribution in [0, 0.1) is 0 Å². The largest absolute Gasteiger partial charge is 0.348 e. The van der Waals surface area contributed by atoms with Crippen LogP contribution in [0.4, 0.5) is 0 Å². The van der Waals surface area contributed by atoms with Gasteiger partial charge in [-0.2, -0.15) is 0 Å². The molecule has 2 aliphatic rings. The van der Waals surface area contributed by atoms with Gasteiger partial charge < -0.3 is 14.0 Å². The van der Waals surface area contributed by atoms with Crippen molar-refractivity contribution >= 4 is 0 Å². The Morgan fingerprint density at radius 3 is 3.12 bits per heavy atom. The van der Waals surface area contributed by atoms with Crippen LogP contribution in [0.25, 0.3) is 0 Å². The summed E-state index contributed by atoms with van der Waals surface area (Å²) in [5, 5.41) is 8.24. The smallest absolute Gasteiger partial charge is 0.165 e. The number of fused-ring (bicyclic) bond motifs is 1. The third-order valence-electron chi connectivity index (χ3n) is 3.81. The van der Waals surface area contributed by atoms with Crippen LogP contribution < -0.4 is 0 Å². The van der Waals surface area contributed by atoms with Crippen molar-refractivity contribution in [1.82, 2.24) is 14.8 Å². The lowest BCUT2D eigenvalue weighted by atomic mass is 9.92. The van der Waals surface area contributed by atoms with Gasteiger partial charge >= 0.3 is 0 Å². The molecule has 17 heavy (non-hydrogen) atoms. The summed E-state index contributed by atoms with van der Waals surface area (Å²) in [5.74, 6) is 1.27. The molecular formula is C12H19N3O2. The van der Waals surface area contributed by atoms with E-state index in [2.05, 4.69) is 14.8 Å². The molecule has 0 aliphatic carbocycles. The topological polar surface area (TPSA) is 49.2 Å². The molecule has 3 rings (SSSR count). The Balaban J connectivity index is 1.63. The second-order valence-electron chi connectivity index (χ2n) is 5.09. The van der Waals surface area contributed by atoms with E-state index >= 15 is 0 Å². The molecule has 5 nitrogen and oxygen atoms in total. The van der Waals surface area contributed by atoms with Crippen LogP contribution >= 0.6 is 0 Å². The molecule has 0 saturated carbocycles. The van der Waals surface area contributed by atoms with E-state index in [1.807, 2.05) is 13.3 Å². The Morgan fingerprint density at radius 1 is 1.47 bits per heavy atom. The molecule has 1 saturated heterocycles. The predicted molar refractivity (Wildman–Crippen MR) is 61.5 cm³/mol. The zero-order chi connectivity index (χ0) is 11.7. The van der Waals surface area contributed by atoms with Gasteiger partial charge in [0.2, 0.25) is 0 Å². The minimum absolute atomic E-state index is 0.373. The van der Waals surface area contributed by atoms with Crippen molar-refractivity contribution in [3.63, 3.8) is 0 Å². The van der Waals surface area contributed by atoms with Crippen molar-refractivity contribution in [2.45, 2.75) is 50.9 Å². The summed E-state index contributed by atoms with van der Waals surface area (Å²) in [4.78, 5) is 0. The third kappa shape index (κ3) is 2.21. The van der Waals surface area contributed by atoms with E-state index in [-0.39, 0.29) is 5.79 Å². The number of aryl methyl sites for hydroxylation is 1. The summed E-state index contributed by atoms with van der Waals surface area (Å²) in [7, 11) is 0. The van der Waals surface area contributed by atoms with Crippen LogP contribution in [-0.2, 0) is 16.0 Å². The van der Waals surface area contributed by atoms with Gasteiger partial charge in [-0.1, -0.05) is 0 Å². The molecular weight excluding hydrogens is 218 g/mol. The number of hydrogen-bond acceptors (Lipinski definition) is 4. The maximum atomic E-state index is 5.64. The molecule has 94 valence electrons. The Labute approximate surface area is 101 Å². The highest BCUT2D eigenvalue weighted by Crippen LogP contribution is 2.33. The molecule has 0 spiro atoms. The number of rotatable bonds is 3. The van der Waals surface area contributed by atoms with Crippen LogP contribution in [-0.4, -0.2) is 33.8 Å². The first-order valence-electron chi connectivity index (χ1n) is 6.42. The van der Waals surface area contributed by atoms with Gasteiger partial charge in [-0.05, 0) is 26.2 Å². The first kappa shape index (κ1) is 11.2. The molecule has 1 unspecified atom stereocenters. The normalized spacial score (nSPS) is 27.0. The van der Waals surface area contributed by atoms with Gasteiger partial charge in [0.25, 0.3) is 0 Å². The minimum atomic E-state index is -0.373. The van der Waals surface area contributed by atoms with Crippen molar-refractivity contribution in [1.29, 1.82) is 0 Å². The van der Waals surface area contributed by atoms with Gasteiger partial charge in [0.05, 0.1) is 13.2 Å². The van der Waals surface area contributed by atoms with E-state index in [0.29, 0.717) is 5.92 Å². The van der Waals surface area contributed by atoms with Gasteiger partial charge in [-0.25, -0.2) is 0 Å². The van der Waals surface area contributed by atoms with Gasteiger partial charge in [-0.3, -0.25) is 0 Å². The van der Waals surface area contributed by atoms with Crippen molar-refractivity contribution in [3.8, 4) is 0 Å². The lowest BCUT2D eigenvalue weighted by molar-refractivity contribution is -0.148. The molecule has 0 radical (unpaired) electrons. The van der Waals surface area contributed by atoms with Crippen molar-refractivity contribution in [3.05, 3.63) is 12.2 Å². The molecule has 0 aromatic carbocycles. The standard InChI is InChI=1S/C12H19N3O2/c1-12(16-7-8-17-12)5-4-10-3-2-6-15-9-13-14-11(10)15/h9-10H,2-8H2,1H3. The van der Waals surface area contributed by atoms with E-state index in [9.17, 15) is 0 Å². The molecule has 0 N–H and O–H groups in total. The summed E-state index contributed by atoms with van der Waals surface area (Å²) in [5.41, 5.74) is 0. The lowest BCUT2D eigenvalue weighted by Crippen LogP contribution is -2.27. The van der Waals surface area contributed by atoms with E-state index in [1.54, 1.807) is 0 Å². The van der Waals surface area contributed by atoms with Gasteiger partial charge in [0.15, 0.2) is 5.79 Å². The number of ether oxygens (including phenoxy) is 2. The third-order valence-corrected chi connectivity index (χ3v) is 3.81. The van der Waals surface area contributed by atoms with Crippen molar-refractivity contribution in [2.75, 3.05) is 13.2 Å². The molecule has 1 aromatic heterocycles. The maximum absolute atomic E-state index is 5.64. The summed E-state index contributed by atoms with van der Waals surface area (Å²) in [6.07, 6.45) is 6.26. The van der Waals surface area contributed by atoms with Crippen LogP contribution in [0.1, 0.15) is 44.3 Å². The Hall–Kier alpha value is -0.940. The number of hydrogen-bond donors (Lipinski definition) is 0. The summed E-state index contributed by atoms with van der Waals surface area (Å²) >= 11 is 0. The quantitative estimate of drug-likeness (QED) is 0.803. The lowest BCUT2D eigenvalue weighted by Gasteiger charge is -2.27. The summed E-state index contributed by atoms with van der Waals surface area (Å²) < 4.78 is 13.4. The first-order chi connectivity index (χ1) is 8.27. The molecule has 2 aliphatic heterocycles. The monoisotopic (exact) mass is 237 g/mol. The Kier molecular flexibility index (Phi) is 2.88. The molecule has 1 aromatic rings. The fourth-order valence-electron chi connectivity index (χ4n) is 2.80. The van der Waals surface area contributed by atoms with E-state index in [4.69, 9.17) is 9.47 Å². The highest BCUT2D eigenvalue weighted by Gasteiger charge is 2.33. The number of nitrogens with zero attached hydrogens (tertiary/aromatic N) is 3. The van der Waals surface area contributed by atoms with Gasteiger partial charge in [0, 0.05) is 18.9 Å². The fourth-order valence-corrected chi connectivity index (χ4v) is 2.80. The zero-order valence-electron chi connectivity index (χ0n) is 10.3. The van der Waals surface area contributed by atoms with E-state index in [1.165, 1.54) is 12.8 Å². The van der Waals surface area contributed by atoms with Crippen molar-refractivity contribution in [2.24, 2.45) is 0 Å². The Bertz CT molecular complexity index is 385. The second-order valence-corrected chi connectivity index (χ2v) is 5.09. The average molecular weight is 237 g/mol. The van der Waals surface area contributed by atoms with Gasteiger partial charge in [-0.15, -0.1) is 10.2 Å². The van der Waals surface area contributed by atoms with E-state index < -0.39 is 0 Å². The second kappa shape index (κ2) is 4.38. The number of aromatic nitrogens is 3. The fraction of sp³-hybridized carbons (Fsp3) is 0.833. The molecule has 1 atom stereocenters. The maximum Gasteiger partial charge on any atom is 0.165 e. The summed E-state index contributed by atoms with van der Waals surface area (Å²) in [6.45, 7) is 4.53. The van der Waals surface area contributed by atoms with Crippen LogP contribution in [0.3, 0.4) is 0 Å². The van der Waals surface area contributed by atoms with Crippen LogP contribution in [0.15, 0.2) is 6.33 Å². The van der Waals surface area contributed by atoms with E-state index in [0.717, 1.165) is 38.4 Å². The van der Waals surface area contributed by atoms with Gasteiger partial charge in [0.1, 0.15) is 12.2 Å². The predicted octanol–water partition coefficient (Wildman–Crippen LogP) is 1.70. The Morgan fingerprint density at radius 2 is 2.29 bits per heavy atom. The molecule has 0 amide bonds. The highest BCUT2D eigenvalue weighted by atomic mass is 16.7. The van der Waals surface area contributed by atoms with Crippen LogP contribution in [0.2, 0.25) is 0 Å². The zero-order valence-corrected chi connectivity index (χ0v) is 10.3. The molecule has 3 heterocycles. The average Bonchev–Trinajstić information content (AvgIpc) is 2.95. The van der Waals surface area contributed by atoms with Crippen LogP contribution in [0.5, 0.6) is 0 Å². The minimum Gasteiger partial charge on any atom is -0.348 e. The summed E-state index contributed by atoms with van der Waals surface area (Å²) in [6, 6.07) is 0. The molecule has 5 heteroatoms. The first-order valence-corrected chi connectivity index (χ1v) is 6.42. The van der Waals surface area contributed by atoms with Crippen molar-refractivity contribution < 1.29 is 9.47 Å².